The molecule has 0 N–H and O–H groups in total. The highest BCUT2D eigenvalue weighted by Crippen LogP contribution is 2.31. The Labute approximate surface area is 212 Å². The second-order valence-electron chi connectivity index (χ2n) is 8.86. The smallest absolute Gasteiger partial charge is 0.196 e. The fourth-order valence-electron chi connectivity index (χ4n) is 3.53. The Hall–Kier alpha value is -2.90. The zero-order valence-corrected chi connectivity index (χ0v) is 22.0. The first-order chi connectivity index (χ1) is 16.3. The van der Waals surface area contributed by atoms with Crippen LogP contribution in [0.25, 0.3) is 17.1 Å². The van der Waals surface area contributed by atoms with E-state index in [1.807, 2.05) is 53.1 Å². The molecule has 4 rings (SSSR count). The van der Waals surface area contributed by atoms with E-state index in [1.165, 1.54) is 17.3 Å². The van der Waals surface area contributed by atoms with E-state index in [9.17, 15) is 4.79 Å². The van der Waals surface area contributed by atoms with Gasteiger partial charge >= 0.3 is 0 Å². The maximum absolute atomic E-state index is 12.9. The molecule has 0 aliphatic heterocycles. The van der Waals surface area contributed by atoms with Crippen molar-refractivity contribution in [3.63, 3.8) is 0 Å². The molecule has 174 valence electrons. The second kappa shape index (κ2) is 10.2. The van der Waals surface area contributed by atoms with Gasteiger partial charge < -0.3 is 4.74 Å². The predicted octanol–water partition coefficient (Wildman–Crippen LogP) is 6.98. The number of hydrogen-bond acceptors (Lipinski definition) is 5. The van der Waals surface area contributed by atoms with E-state index in [2.05, 4.69) is 71.2 Å². The van der Waals surface area contributed by atoms with Gasteiger partial charge in [-0.25, -0.2) is 0 Å². The van der Waals surface area contributed by atoms with Crippen molar-refractivity contribution in [2.45, 2.75) is 31.3 Å². The summed E-state index contributed by atoms with van der Waals surface area (Å²) in [4.78, 5) is 12.9. The summed E-state index contributed by atoms with van der Waals surface area (Å²) in [6, 6.07) is 23.6. The third kappa shape index (κ3) is 5.26. The van der Waals surface area contributed by atoms with E-state index >= 15 is 0 Å². The van der Waals surface area contributed by atoms with Crippen LogP contribution in [0.3, 0.4) is 0 Å². The standard InChI is InChI=1S/C27H26BrN3O2S/c1-27(2,3)19-11-9-18(10-12-19)25-29-30-26(31(25)20-13-15-21(33-4)16-14-20)34-17-24(32)22-7-5-6-8-23(22)28/h5-16H,17H2,1-4H3. The van der Waals surface area contributed by atoms with E-state index in [1.54, 1.807) is 7.11 Å². The first-order valence-corrected chi connectivity index (χ1v) is 12.7. The lowest BCUT2D eigenvalue weighted by Gasteiger charge is -2.19. The van der Waals surface area contributed by atoms with E-state index in [-0.39, 0.29) is 17.0 Å². The molecule has 3 aromatic carbocycles. The minimum atomic E-state index is 0.0258. The molecular formula is C27H26BrN3O2S. The van der Waals surface area contributed by atoms with Crippen LogP contribution in [0.2, 0.25) is 0 Å². The van der Waals surface area contributed by atoms with Gasteiger partial charge in [0, 0.05) is 21.3 Å². The second-order valence-corrected chi connectivity index (χ2v) is 10.7. The van der Waals surface area contributed by atoms with Crippen LogP contribution in [0.1, 0.15) is 36.7 Å². The summed E-state index contributed by atoms with van der Waals surface area (Å²) in [6.07, 6.45) is 0. The predicted molar refractivity (Wildman–Crippen MR) is 141 cm³/mol. The lowest BCUT2D eigenvalue weighted by molar-refractivity contribution is 0.102. The van der Waals surface area contributed by atoms with Crippen molar-refractivity contribution in [1.82, 2.24) is 14.8 Å². The van der Waals surface area contributed by atoms with Crippen LogP contribution in [0.15, 0.2) is 82.4 Å². The summed E-state index contributed by atoms with van der Waals surface area (Å²) in [5.74, 6) is 1.77. The van der Waals surface area contributed by atoms with Gasteiger partial charge in [0.25, 0.3) is 0 Å². The Morgan fingerprint density at radius 3 is 2.26 bits per heavy atom. The van der Waals surface area contributed by atoms with Crippen molar-refractivity contribution in [3.8, 4) is 22.8 Å². The van der Waals surface area contributed by atoms with Gasteiger partial charge in [-0.15, -0.1) is 10.2 Å². The van der Waals surface area contributed by atoms with Gasteiger partial charge in [0.05, 0.1) is 12.9 Å². The molecule has 4 aromatic rings. The van der Waals surface area contributed by atoms with Crippen LogP contribution < -0.4 is 4.74 Å². The first-order valence-electron chi connectivity index (χ1n) is 10.9. The average molecular weight is 536 g/mol. The van der Waals surface area contributed by atoms with E-state index in [4.69, 9.17) is 4.74 Å². The Morgan fingerprint density at radius 1 is 0.971 bits per heavy atom. The van der Waals surface area contributed by atoms with Crippen LogP contribution in [0, 0.1) is 0 Å². The summed E-state index contributed by atoms with van der Waals surface area (Å²) in [5, 5.41) is 9.61. The number of ketones is 1. The zero-order valence-electron chi connectivity index (χ0n) is 19.6. The van der Waals surface area contributed by atoms with Gasteiger partial charge in [0.15, 0.2) is 16.8 Å². The van der Waals surface area contributed by atoms with Crippen LogP contribution in [0.4, 0.5) is 0 Å². The third-order valence-corrected chi connectivity index (χ3v) is 7.10. The lowest BCUT2D eigenvalue weighted by atomic mass is 9.87. The monoisotopic (exact) mass is 535 g/mol. The number of aromatic nitrogens is 3. The number of benzene rings is 3. The minimum absolute atomic E-state index is 0.0258. The van der Waals surface area contributed by atoms with Crippen molar-refractivity contribution in [3.05, 3.63) is 88.4 Å². The van der Waals surface area contributed by atoms with Gasteiger partial charge in [0.1, 0.15) is 5.75 Å². The Kier molecular flexibility index (Phi) is 7.24. The van der Waals surface area contributed by atoms with Crippen molar-refractivity contribution in [1.29, 1.82) is 0 Å². The maximum atomic E-state index is 12.9. The van der Waals surface area contributed by atoms with E-state index in [0.717, 1.165) is 27.3 Å². The average Bonchev–Trinajstić information content (AvgIpc) is 3.26. The number of nitrogens with zero attached hydrogens (tertiary/aromatic N) is 3. The van der Waals surface area contributed by atoms with Gasteiger partial charge in [-0.05, 0) is 41.3 Å². The highest BCUT2D eigenvalue weighted by molar-refractivity contribution is 9.10. The van der Waals surface area contributed by atoms with Gasteiger partial charge in [-0.3, -0.25) is 9.36 Å². The number of methoxy groups -OCH3 is 1. The van der Waals surface area contributed by atoms with E-state index < -0.39 is 0 Å². The molecule has 0 aliphatic rings. The van der Waals surface area contributed by atoms with Crippen molar-refractivity contribution in [2.24, 2.45) is 0 Å². The molecule has 0 fully saturated rings. The highest BCUT2D eigenvalue weighted by Gasteiger charge is 2.20. The fourth-order valence-corrected chi connectivity index (χ4v) is 4.87. The third-order valence-electron chi connectivity index (χ3n) is 5.48. The molecule has 0 atom stereocenters. The zero-order chi connectivity index (χ0) is 24.3. The molecule has 0 saturated heterocycles. The molecule has 1 heterocycles. The number of ether oxygens (including phenoxy) is 1. The SMILES string of the molecule is COc1ccc(-n2c(SCC(=O)c3ccccc3Br)nnc2-c2ccc(C(C)(C)C)cc2)cc1. The van der Waals surface area contributed by atoms with Crippen molar-refractivity contribution in [2.75, 3.05) is 12.9 Å². The van der Waals surface area contributed by atoms with Gasteiger partial charge in [0.2, 0.25) is 0 Å². The minimum Gasteiger partial charge on any atom is -0.497 e. The number of Topliss-reactive ketones (excluding diaryl/α,β-unsaturated/α-hetero) is 1. The summed E-state index contributed by atoms with van der Waals surface area (Å²) < 4.78 is 8.10. The van der Waals surface area contributed by atoms with Crippen LogP contribution in [-0.4, -0.2) is 33.4 Å². The van der Waals surface area contributed by atoms with Crippen LogP contribution in [0.5, 0.6) is 5.75 Å². The molecule has 1 aromatic heterocycles. The molecule has 0 spiro atoms. The Balaban J connectivity index is 1.70. The van der Waals surface area contributed by atoms with Crippen molar-refractivity contribution >= 4 is 33.5 Å². The number of rotatable bonds is 7. The van der Waals surface area contributed by atoms with Crippen LogP contribution >= 0.6 is 27.7 Å². The summed E-state index contributed by atoms with van der Waals surface area (Å²) in [5.41, 5.74) is 3.83. The molecule has 0 unspecified atom stereocenters. The van der Waals surface area contributed by atoms with Crippen LogP contribution in [-0.2, 0) is 5.41 Å². The lowest BCUT2D eigenvalue weighted by Crippen LogP contribution is -2.10. The molecular weight excluding hydrogens is 510 g/mol. The van der Waals surface area contributed by atoms with E-state index in [0.29, 0.717) is 10.7 Å². The quantitative estimate of drug-likeness (QED) is 0.189. The van der Waals surface area contributed by atoms with Gasteiger partial charge in [-0.2, -0.15) is 0 Å². The molecule has 0 amide bonds. The summed E-state index contributed by atoms with van der Waals surface area (Å²) in [7, 11) is 1.64. The number of thioether (sulfide) groups is 1. The molecule has 0 saturated carbocycles. The summed E-state index contributed by atoms with van der Waals surface area (Å²) in [6.45, 7) is 6.58. The van der Waals surface area contributed by atoms with Gasteiger partial charge in [-0.1, -0.05) is 90.9 Å². The molecule has 0 aliphatic carbocycles. The number of carbonyl (C=O) groups is 1. The summed E-state index contributed by atoms with van der Waals surface area (Å²) >= 11 is 4.84. The fraction of sp³-hybridized carbons (Fsp3) is 0.222. The number of carbonyl (C=O) groups excluding carboxylic acids is 1. The molecule has 34 heavy (non-hydrogen) atoms. The topological polar surface area (TPSA) is 57.0 Å². The highest BCUT2D eigenvalue weighted by atomic mass is 79.9. The Morgan fingerprint density at radius 2 is 1.65 bits per heavy atom. The normalized spacial score (nSPS) is 11.4. The maximum Gasteiger partial charge on any atom is 0.196 e. The molecule has 7 heteroatoms. The largest absolute Gasteiger partial charge is 0.497 e. The van der Waals surface area contributed by atoms with Crippen molar-refractivity contribution < 1.29 is 9.53 Å². The molecule has 0 radical (unpaired) electrons. The molecule has 5 nitrogen and oxygen atoms in total. The first kappa shape index (κ1) is 24.2. The number of hydrogen-bond donors (Lipinski definition) is 0. The molecule has 0 bridgehead atoms. The number of halogens is 1. The Bertz CT molecular complexity index is 1290.